The van der Waals surface area contributed by atoms with E-state index in [1.807, 2.05) is 41.1 Å². The van der Waals surface area contributed by atoms with Gasteiger partial charge < -0.3 is 9.26 Å². The fourth-order valence-corrected chi connectivity index (χ4v) is 3.75. The lowest BCUT2D eigenvalue weighted by atomic mass is 10.0. The summed E-state index contributed by atoms with van der Waals surface area (Å²) in [7, 11) is 0. The minimum Gasteiger partial charge on any atom is -0.379 e. The molecule has 0 amide bonds. The highest BCUT2D eigenvalue weighted by molar-refractivity contribution is 5.79. The van der Waals surface area contributed by atoms with E-state index >= 15 is 0 Å². The molecular formula is C22H24N6O2. The van der Waals surface area contributed by atoms with Crippen molar-refractivity contribution in [1.29, 1.82) is 0 Å². The van der Waals surface area contributed by atoms with Crippen LogP contribution in [0, 0.1) is 0 Å². The normalized spacial score (nSPS) is 16.2. The molecule has 30 heavy (non-hydrogen) atoms. The highest BCUT2D eigenvalue weighted by Gasteiger charge is 2.18. The largest absolute Gasteiger partial charge is 0.379 e. The molecule has 0 saturated carbocycles. The van der Waals surface area contributed by atoms with Crippen molar-refractivity contribution in [2.24, 2.45) is 0 Å². The van der Waals surface area contributed by atoms with E-state index < -0.39 is 0 Å². The molecule has 1 unspecified atom stereocenters. The second-order valence-electron chi connectivity index (χ2n) is 7.56. The lowest BCUT2D eigenvalue weighted by Gasteiger charge is -2.26. The molecule has 0 radical (unpaired) electrons. The fraction of sp³-hybridized carbons (Fsp3) is 0.364. The van der Waals surface area contributed by atoms with Gasteiger partial charge in [0.2, 0.25) is 11.7 Å². The van der Waals surface area contributed by atoms with E-state index in [1.54, 1.807) is 0 Å². The van der Waals surface area contributed by atoms with Gasteiger partial charge in [-0.25, -0.2) is 4.68 Å². The molecule has 1 atom stereocenters. The summed E-state index contributed by atoms with van der Waals surface area (Å²) in [6.07, 6.45) is 0. The van der Waals surface area contributed by atoms with E-state index in [0.717, 1.165) is 61.6 Å². The lowest BCUT2D eigenvalue weighted by molar-refractivity contribution is 0.0360. The maximum Gasteiger partial charge on any atom is 0.234 e. The first-order valence-electron chi connectivity index (χ1n) is 10.3. The first-order valence-corrected chi connectivity index (χ1v) is 10.3. The second-order valence-corrected chi connectivity index (χ2v) is 7.56. The molecule has 1 fully saturated rings. The van der Waals surface area contributed by atoms with Crippen LogP contribution in [-0.2, 0) is 11.3 Å². The third-order valence-corrected chi connectivity index (χ3v) is 5.62. The average Bonchev–Trinajstić information content (AvgIpc) is 3.45. The van der Waals surface area contributed by atoms with Crippen LogP contribution >= 0.6 is 0 Å². The van der Waals surface area contributed by atoms with E-state index in [0.29, 0.717) is 11.7 Å². The summed E-state index contributed by atoms with van der Waals surface area (Å²) in [5.74, 6) is 1.21. The molecule has 8 heteroatoms. The Morgan fingerprint density at radius 2 is 1.87 bits per heavy atom. The van der Waals surface area contributed by atoms with Gasteiger partial charge in [0.25, 0.3) is 0 Å². The fourth-order valence-electron chi connectivity index (χ4n) is 3.75. The maximum atomic E-state index is 5.54. The quantitative estimate of drug-likeness (QED) is 0.489. The number of morpholine rings is 1. The Hall–Kier alpha value is -3.10. The molecule has 0 bridgehead atoms. The Morgan fingerprint density at radius 1 is 1.03 bits per heavy atom. The Bertz CT molecular complexity index is 1120. The van der Waals surface area contributed by atoms with Crippen LogP contribution in [0.2, 0.25) is 0 Å². The highest BCUT2D eigenvalue weighted by atomic mass is 16.5. The summed E-state index contributed by atoms with van der Waals surface area (Å²) >= 11 is 0. The molecule has 0 aliphatic carbocycles. The summed E-state index contributed by atoms with van der Waals surface area (Å²) in [5, 5.41) is 12.9. The van der Waals surface area contributed by atoms with Gasteiger partial charge in [-0.15, -0.1) is 5.10 Å². The van der Waals surface area contributed by atoms with Crippen molar-refractivity contribution in [3.8, 4) is 11.4 Å². The monoisotopic (exact) mass is 404 g/mol. The Balaban J connectivity index is 1.33. The van der Waals surface area contributed by atoms with Gasteiger partial charge in [0.05, 0.1) is 31.2 Å². The molecule has 154 valence electrons. The van der Waals surface area contributed by atoms with Crippen LogP contribution < -0.4 is 0 Å². The predicted molar refractivity (Wildman–Crippen MR) is 112 cm³/mol. The van der Waals surface area contributed by atoms with Crippen LogP contribution in [0.25, 0.3) is 22.4 Å². The molecule has 4 aromatic rings. The number of fused-ring (bicyclic) bond motifs is 1. The van der Waals surface area contributed by atoms with E-state index in [4.69, 9.17) is 9.26 Å². The van der Waals surface area contributed by atoms with Crippen molar-refractivity contribution in [2.45, 2.75) is 19.4 Å². The van der Waals surface area contributed by atoms with E-state index in [2.05, 4.69) is 44.4 Å². The summed E-state index contributed by atoms with van der Waals surface area (Å²) in [6.45, 7) is 7.35. The van der Waals surface area contributed by atoms with Crippen molar-refractivity contribution in [2.75, 3.05) is 32.8 Å². The van der Waals surface area contributed by atoms with Gasteiger partial charge in [-0.1, -0.05) is 40.7 Å². The molecule has 0 N–H and O–H groups in total. The van der Waals surface area contributed by atoms with Crippen LogP contribution in [0.15, 0.2) is 53.1 Å². The van der Waals surface area contributed by atoms with Gasteiger partial charge in [-0.2, -0.15) is 4.98 Å². The SMILES string of the molecule is CC(c1ccccc1)c1nc(-c2ccc3c(c2)nnn3CCN2CCOCC2)no1. The topological polar surface area (TPSA) is 82.1 Å². The number of hydrogen-bond donors (Lipinski definition) is 0. The molecular weight excluding hydrogens is 380 g/mol. The predicted octanol–water partition coefficient (Wildman–Crippen LogP) is 2.97. The van der Waals surface area contributed by atoms with E-state index in [9.17, 15) is 0 Å². The van der Waals surface area contributed by atoms with Crippen LogP contribution in [0.5, 0.6) is 0 Å². The minimum atomic E-state index is 0.0391. The Morgan fingerprint density at radius 3 is 2.70 bits per heavy atom. The number of ether oxygens (including phenoxy) is 1. The van der Waals surface area contributed by atoms with Crippen molar-refractivity contribution in [3.63, 3.8) is 0 Å². The Kier molecular flexibility index (Phi) is 5.25. The average molecular weight is 404 g/mol. The third kappa shape index (κ3) is 3.83. The van der Waals surface area contributed by atoms with Crippen LogP contribution in [0.4, 0.5) is 0 Å². The third-order valence-electron chi connectivity index (χ3n) is 5.62. The summed E-state index contributed by atoms with van der Waals surface area (Å²) in [5.41, 5.74) is 3.86. The minimum absolute atomic E-state index is 0.0391. The van der Waals surface area contributed by atoms with Crippen molar-refractivity contribution in [3.05, 3.63) is 60.0 Å². The van der Waals surface area contributed by atoms with Gasteiger partial charge in [-0.3, -0.25) is 4.90 Å². The van der Waals surface area contributed by atoms with E-state index in [-0.39, 0.29) is 5.92 Å². The molecule has 1 saturated heterocycles. The maximum absolute atomic E-state index is 5.54. The van der Waals surface area contributed by atoms with Crippen molar-refractivity contribution >= 4 is 11.0 Å². The van der Waals surface area contributed by atoms with E-state index in [1.165, 1.54) is 0 Å². The second kappa shape index (κ2) is 8.33. The van der Waals surface area contributed by atoms with Gasteiger partial charge in [-0.05, 0) is 30.7 Å². The molecule has 2 aromatic carbocycles. The first-order chi connectivity index (χ1) is 14.8. The summed E-state index contributed by atoms with van der Waals surface area (Å²) < 4.78 is 12.9. The number of benzene rings is 2. The smallest absolute Gasteiger partial charge is 0.234 e. The number of hydrogen-bond acceptors (Lipinski definition) is 7. The summed E-state index contributed by atoms with van der Waals surface area (Å²) in [6, 6.07) is 16.2. The molecule has 8 nitrogen and oxygen atoms in total. The van der Waals surface area contributed by atoms with Gasteiger partial charge in [0, 0.05) is 25.2 Å². The zero-order valence-corrected chi connectivity index (χ0v) is 16.9. The molecule has 1 aliphatic heterocycles. The molecule has 3 heterocycles. The van der Waals surface area contributed by atoms with Gasteiger partial charge in [0.1, 0.15) is 5.52 Å². The number of nitrogens with zero attached hydrogens (tertiary/aromatic N) is 6. The Labute approximate surface area is 174 Å². The standard InChI is InChI=1S/C22H24N6O2/c1-16(17-5-3-2-4-6-17)22-23-21(25-30-22)18-7-8-20-19(15-18)24-26-28(20)10-9-27-11-13-29-14-12-27/h2-8,15-16H,9-14H2,1H3. The number of rotatable bonds is 6. The molecule has 2 aromatic heterocycles. The first kappa shape index (κ1) is 18.9. The highest BCUT2D eigenvalue weighted by Crippen LogP contribution is 2.26. The zero-order chi connectivity index (χ0) is 20.3. The zero-order valence-electron chi connectivity index (χ0n) is 16.9. The van der Waals surface area contributed by atoms with Crippen molar-refractivity contribution < 1.29 is 9.26 Å². The van der Waals surface area contributed by atoms with Crippen LogP contribution in [0.3, 0.4) is 0 Å². The van der Waals surface area contributed by atoms with Crippen molar-refractivity contribution in [1.82, 2.24) is 30.0 Å². The molecule has 1 aliphatic rings. The number of aromatic nitrogens is 5. The van der Waals surface area contributed by atoms with Crippen LogP contribution in [0.1, 0.15) is 24.3 Å². The van der Waals surface area contributed by atoms with Gasteiger partial charge >= 0.3 is 0 Å². The van der Waals surface area contributed by atoms with Crippen LogP contribution in [-0.4, -0.2) is 62.9 Å². The summed E-state index contributed by atoms with van der Waals surface area (Å²) in [4.78, 5) is 7.01. The lowest BCUT2D eigenvalue weighted by Crippen LogP contribution is -2.38. The molecule has 5 rings (SSSR count). The van der Waals surface area contributed by atoms with Gasteiger partial charge in [0.15, 0.2) is 0 Å². The molecule has 0 spiro atoms.